The number of rotatable bonds is 6. The second-order valence-electron chi connectivity index (χ2n) is 7.83. The number of hydrogen-bond donors (Lipinski definition) is 1. The number of aliphatic hydroxyl groups is 1. The first kappa shape index (κ1) is 19.7. The highest BCUT2D eigenvalue weighted by atomic mass is 19.1. The maximum Gasteiger partial charge on any atom is 0.129 e. The maximum absolute atomic E-state index is 14.1. The molecule has 0 amide bonds. The first-order valence-electron chi connectivity index (χ1n) is 9.21. The highest BCUT2D eigenvalue weighted by molar-refractivity contribution is 5.80. The van der Waals surface area contributed by atoms with Gasteiger partial charge < -0.3 is 9.84 Å². The number of benzene rings is 1. The average molecular weight is 346 g/mol. The van der Waals surface area contributed by atoms with Gasteiger partial charge in [-0.3, -0.25) is 0 Å². The lowest BCUT2D eigenvalue weighted by Gasteiger charge is -2.34. The van der Waals surface area contributed by atoms with Gasteiger partial charge in [0.2, 0.25) is 0 Å². The Bertz CT molecular complexity index is 696. The molecule has 25 heavy (non-hydrogen) atoms. The molecule has 0 atom stereocenters. The lowest BCUT2D eigenvalue weighted by atomic mass is 9.71. The number of aliphatic hydroxyl groups excluding tert-OH is 1. The first-order valence-corrected chi connectivity index (χ1v) is 9.21. The molecule has 0 heterocycles. The summed E-state index contributed by atoms with van der Waals surface area (Å²) in [5, 5.41) is 9.21. The van der Waals surface area contributed by atoms with Gasteiger partial charge in [-0.1, -0.05) is 40.7 Å². The van der Waals surface area contributed by atoms with Crippen molar-refractivity contribution in [3.05, 3.63) is 40.7 Å². The third kappa shape index (κ3) is 3.98. The van der Waals surface area contributed by atoms with Crippen LogP contribution in [0.4, 0.5) is 4.39 Å². The molecule has 1 aliphatic carbocycles. The maximum atomic E-state index is 14.1. The van der Waals surface area contributed by atoms with Crippen LogP contribution in [0.5, 0.6) is 5.75 Å². The second-order valence-corrected chi connectivity index (χ2v) is 7.83. The Kier molecular flexibility index (Phi) is 6.10. The smallest absolute Gasteiger partial charge is 0.129 e. The Labute approximate surface area is 151 Å². The topological polar surface area (TPSA) is 29.5 Å². The van der Waals surface area contributed by atoms with E-state index in [0.717, 1.165) is 18.4 Å². The van der Waals surface area contributed by atoms with E-state index in [1.165, 1.54) is 16.7 Å². The zero-order chi connectivity index (χ0) is 18.8. The van der Waals surface area contributed by atoms with Gasteiger partial charge in [-0.25, -0.2) is 4.39 Å². The summed E-state index contributed by atoms with van der Waals surface area (Å²) >= 11 is 0. The number of halogens is 1. The number of fused-ring (bicyclic) bond motifs is 1. The minimum absolute atomic E-state index is 0.0176. The SMILES string of the molecule is CCCOc1cc2c(cc1/C(C)=C(/F)CO)C(C(C)C)=CCC2(C)C. The largest absolute Gasteiger partial charge is 0.493 e. The molecule has 0 fully saturated rings. The Morgan fingerprint density at radius 3 is 2.56 bits per heavy atom. The van der Waals surface area contributed by atoms with Crippen molar-refractivity contribution in [1.82, 2.24) is 0 Å². The van der Waals surface area contributed by atoms with Crippen molar-refractivity contribution in [2.75, 3.05) is 13.2 Å². The summed E-state index contributed by atoms with van der Waals surface area (Å²) in [7, 11) is 0. The number of hydrogen-bond acceptors (Lipinski definition) is 2. The van der Waals surface area contributed by atoms with E-state index >= 15 is 0 Å². The first-order chi connectivity index (χ1) is 11.7. The van der Waals surface area contributed by atoms with Gasteiger partial charge in [-0.15, -0.1) is 0 Å². The molecule has 1 aromatic rings. The van der Waals surface area contributed by atoms with Crippen molar-refractivity contribution in [3.8, 4) is 5.75 Å². The van der Waals surface area contributed by atoms with Crippen LogP contribution in [0.1, 0.15) is 71.1 Å². The van der Waals surface area contributed by atoms with Crippen molar-refractivity contribution >= 4 is 11.1 Å². The minimum atomic E-state index is -0.589. The Balaban J connectivity index is 2.72. The van der Waals surface area contributed by atoms with Gasteiger partial charge in [-0.05, 0) is 65.5 Å². The van der Waals surface area contributed by atoms with Crippen molar-refractivity contribution in [2.45, 2.75) is 59.8 Å². The van der Waals surface area contributed by atoms with Gasteiger partial charge in [0, 0.05) is 5.56 Å². The van der Waals surface area contributed by atoms with Gasteiger partial charge in [0.05, 0.1) is 13.2 Å². The molecule has 2 rings (SSSR count). The van der Waals surface area contributed by atoms with Crippen molar-refractivity contribution in [1.29, 1.82) is 0 Å². The fraction of sp³-hybridized carbons (Fsp3) is 0.545. The minimum Gasteiger partial charge on any atom is -0.493 e. The van der Waals surface area contributed by atoms with E-state index in [0.29, 0.717) is 23.8 Å². The molecule has 138 valence electrons. The van der Waals surface area contributed by atoms with E-state index < -0.39 is 12.4 Å². The highest BCUT2D eigenvalue weighted by Crippen LogP contribution is 2.45. The van der Waals surface area contributed by atoms with Crippen molar-refractivity contribution < 1.29 is 14.2 Å². The fourth-order valence-corrected chi connectivity index (χ4v) is 3.40. The molecule has 0 saturated carbocycles. The van der Waals surface area contributed by atoms with Gasteiger partial charge in [0.15, 0.2) is 0 Å². The molecule has 0 bridgehead atoms. The lowest BCUT2D eigenvalue weighted by molar-refractivity contribution is 0.298. The van der Waals surface area contributed by atoms with Crippen LogP contribution < -0.4 is 4.74 Å². The Morgan fingerprint density at radius 1 is 1.32 bits per heavy atom. The summed E-state index contributed by atoms with van der Waals surface area (Å²) in [6.45, 7) is 12.6. The molecular weight excluding hydrogens is 315 g/mol. The standard InChI is InChI=1S/C22H31FO2/c1-7-10-25-21-12-19-18(11-17(21)15(4)20(23)13-24)16(14(2)3)8-9-22(19,5)6/h8,11-12,14,24H,7,9-10,13H2,1-6H3/b20-15+. The fourth-order valence-electron chi connectivity index (χ4n) is 3.40. The summed E-state index contributed by atoms with van der Waals surface area (Å²) in [4.78, 5) is 0. The summed E-state index contributed by atoms with van der Waals surface area (Å²) < 4.78 is 20.1. The molecule has 1 aromatic carbocycles. The zero-order valence-corrected chi connectivity index (χ0v) is 16.4. The predicted molar refractivity (Wildman–Crippen MR) is 103 cm³/mol. The van der Waals surface area contributed by atoms with Crippen LogP contribution in [0.2, 0.25) is 0 Å². The molecule has 3 heteroatoms. The van der Waals surface area contributed by atoms with E-state index in [1.54, 1.807) is 6.92 Å². The predicted octanol–water partition coefficient (Wildman–Crippen LogP) is 5.89. The molecule has 0 aliphatic heterocycles. The second kappa shape index (κ2) is 7.74. The van der Waals surface area contributed by atoms with E-state index in [-0.39, 0.29) is 5.41 Å². The number of allylic oxidation sites excluding steroid dienone is 3. The molecule has 0 radical (unpaired) electrons. The summed E-state index contributed by atoms with van der Waals surface area (Å²) in [5.41, 5.74) is 4.94. The Hall–Kier alpha value is -1.61. The van der Waals surface area contributed by atoms with Crippen LogP contribution >= 0.6 is 0 Å². The molecule has 0 saturated heterocycles. The van der Waals surface area contributed by atoms with Gasteiger partial charge in [-0.2, -0.15) is 0 Å². The normalized spacial score (nSPS) is 17.1. The van der Waals surface area contributed by atoms with Crippen LogP contribution in [0.25, 0.3) is 11.1 Å². The van der Waals surface area contributed by atoms with E-state index in [9.17, 15) is 9.50 Å². The highest BCUT2D eigenvalue weighted by Gasteiger charge is 2.31. The molecule has 0 unspecified atom stereocenters. The van der Waals surface area contributed by atoms with E-state index in [2.05, 4.69) is 52.8 Å². The van der Waals surface area contributed by atoms with Crippen molar-refractivity contribution in [2.24, 2.45) is 5.92 Å². The molecule has 0 aromatic heterocycles. The van der Waals surface area contributed by atoms with Crippen molar-refractivity contribution in [3.63, 3.8) is 0 Å². The van der Waals surface area contributed by atoms with E-state index in [1.807, 2.05) is 0 Å². The van der Waals surface area contributed by atoms with Crippen LogP contribution in [0.3, 0.4) is 0 Å². The van der Waals surface area contributed by atoms with Crippen LogP contribution in [-0.2, 0) is 5.41 Å². The molecular formula is C22H31FO2. The molecule has 0 spiro atoms. The van der Waals surface area contributed by atoms with Gasteiger partial charge in [0.25, 0.3) is 0 Å². The van der Waals surface area contributed by atoms with Crippen LogP contribution in [0.15, 0.2) is 24.0 Å². The van der Waals surface area contributed by atoms with Gasteiger partial charge in [0.1, 0.15) is 11.6 Å². The summed E-state index contributed by atoms with van der Waals surface area (Å²) in [5.74, 6) is 0.600. The molecule has 2 nitrogen and oxygen atoms in total. The third-order valence-electron chi connectivity index (χ3n) is 5.03. The quantitative estimate of drug-likeness (QED) is 0.696. The Morgan fingerprint density at radius 2 is 2.00 bits per heavy atom. The lowest BCUT2D eigenvalue weighted by Crippen LogP contribution is -2.23. The molecule has 1 N–H and O–H groups in total. The summed E-state index contributed by atoms with van der Waals surface area (Å²) in [6.07, 6.45) is 4.19. The van der Waals surface area contributed by atoms with Gasteiger partial charge >= 0.3 is 0 Å². The zero-order valence-electron chi connectivity index (χ0n) is 16.4. The number of ether oxygens (including phenoxy) is 1. The summed E-state index contributed by atoms with van der Waals surface area (Å²) in [6, 6.07) is 4.14. The monoisotopic (exact) mass is 346 g/mol. The van der Waals surface area contributed by atoms with E-state index in [4.69, 9.17) is 4.74 Å². The average Bonchev–Trinajstić information content (AvgIpc) is 2.57. The van der Waals surface area contributed by atoms with Crippen LogP contribution in [-0.4, -0.2) is 18.3 Å². The molecule has 1 aliphatic rings. The third-order valence-corrected chi connectivity index (χ3v) is 5.03. The van der Waals surface area contributed by atoms with Crippen LogP contribution in [0, 0.1) is 5.92 Å².